The summed E-state index contributed by atoms with van der Waals surface area (Å²) in [6.45, 7) is 0.0222. The van der Waals surface area contributed by atoms with Crippen molar-refractivity contribution >= 4 is 18.0 Å². The molecule has 0 bridgehead atoms. The summed E-state index contributed by atoms with van der Waals surface area (Å²) >= 11 is 0. The molecule has 0 fully saturated rings. The number of hydrogen-bond donors (Lipinski definition) is 3. The first kappa shape index (κ1) is 18.4. The molecule has 0 spiro atoms. The lowest BCUT2D eigenvalue weighted by atomic mass is 10.1. The number of rotatable bonds is 8. The van der Waals surface area contributed by atoms with E-state index in [2.05, 4.69) is 5.32 Å². The predicted octanol–water partition coefficient (Wildman–Crippen LogP) is 0.346. The quantitative estimate of drug-likeness (QED) is 0.593. The van der Waals surface area contributed by atoms with Crippen molar-refractivity contribution in [3.05, 3.63) is 35.9 Å². The highest BCUT2D eigenvalue weighted by Gasteiger charge is 2.26. The predicted molar refractivity (Wildman–Crippen MR) is 82.6 cm³/mol. The maximum absolute atomic E-state index is 12.3. The second-order valence-corrected chi connectivity index (χ2v) is 4.77. The first-order valence-corrected chi connectivity index (χ1v) is 7.09. The van der Waals surface area contributed by atoms with Crippen molar-refractivity contribution in [3.8, 4) is 0 Å². The molecule has 0 radical (unpaired) electrons. The number of carboxylic acid groups (broad SMARTS) is 1. The van der Waals surface area contributed by atoms with Gasteiger partial charge in [0.2, 0.25) is 0 Å². The largest absolute Gasteiger partial charge is 0.480 e. The zero-order chi connectivity index (χ0) is 17.2. The van der Waals surface area contributed by atoms with E-state index in [9.17, 15) is 14.4 Å². The minimum absolute atomic E-state index is 0.178. The van der Waals surface area contributed by atoms with Crippen molar-refractivity contribution in [1.82, 2.24) is 10.2 Å². The number of nitrogens with two attached hydrogens (primary N) is 1. The summed E-state index contributed by atoms with van der Waals surface area (Å²) in [4.78, 5) is 36.2. The Morgan fingerprint density at radius 3 is 2.48 bits per heavy atom. The van der Waals surface area contributed by atoms with Crippen molar-refractivity contribution in [1.29, 1.82) is 0 Å². The molecular formula is C15H21N3O5. The van der Waals surface area contributed by atoms with Gasteiger partial charge in [0.15, 0.2) is 6.04 Å². The second-order valence-electron chi connectivity index (χ2n) is 4.77. The molecule has 0 heterocycles. The van der Waals surface area contributed by atoms with E-state index in [0.29, 0.717) is 18.5 Å². The summed E-state index contributed by atoms with van der Waals surface area (Å²) in [7, 11) is 1.22. The number of benzene rings is 1. The molecule has 1 unspecified atom stereocenters. The number of aliphatic carboxylic acids is 1. The SMILES string of the molecule is COC(=O)C(NC(=O)N(CCCN)CC(=O)O)c1ccccc1. The van der Waals surface area contributed by atoms with Crippen LogP contribution in [-0.2, 0) is 14.3 Å². The van der Waals surface area contributed by atoms with E-state index in [1.807, 2.05) is 0 Å². The van der Waals surface area contributed by atoms with E-state index in [4.69, 9.17) is 15.6 Å². The number of carbonyl (C=O) groups excluding carboxylic acids is 2. The number of carbonyl (C=O) groups is 3. The van der Waals surface area contributed by atoms with Gasteiger partial charge in [0.1, 0.15) is 6.54 Å². The van der Waals surface area contributed by atoms with Crippen LogP contribution in [0.1, 0.15) is 18.0 Å². The number of esters is 1. The monoisotopic (exact) mass is 323 g/mol. The molecule has 1 aromatic carbocycles. The van der Waals surface area contributed by atoms with E-state index >= 15 is 0 Å². The minimum Gasteiger partial charge on any atom is -0.480 e. The summed E-state index contributed by atoms with van der Waals surface area (Å²) in [5.41, 5.74) is 5.93. The third-order valence-electron chi connectivity index (χ3n) is 3.08. The Hall–Kier alpha value is -2.61. The Morgan fingerprint density at radius 2 is 1.96 bits per heavy atom. The highest BCUT2D eigenvalue weighted by Crippen LogP contribution is 2.14. The molecule has 1 aromatic rings. The molecule has 0 saturated carbocycles. The minimum atomic E-state index is -1.15. The van der Waals surface area contributed by atoms with Gasteiger partial charge in [-0.1, -0.05) is 30.3 Å². The molecule has 8 nitrogen and oxygen atoms in total. The van der Waals surface area contributed by atoms with Crippen LogP contribution in [0.25, 0.3) is 0 Å². The van der Waals surface area contributed by atoms with Gasteiger partial charge in [0.05, 0.1) is 7.11 Å². The second kappa shape index (κ2) is 9.42. The molecule has 2 amide bonds. The Kier molecular flexibility index (Phi) is 7.55. The topological polar surface area (TPSA) is 122 Å². The molecule has 126 valence electrons. The van der Waals surface area contributed by atoms with Crippen LogP contribution < -0.4 is 11.1 Å². The van der Waals surface area contributed by atoms with Gasteiger partial charge >= 0.3 is 18.0 Å². The summed E-state index contributed by atoms with van der Waals surface area (Å²) in [6, 6.07) is 6.88. The summed E-state index contributed by atoms with van der Waals surface area (Å²) < 4.78 is 4.70. The van der Waals surface area contributed by atoms with Crippen LogP contribution in [0.15, 0.2) is 30.3 Å². The molecule has 0 aliphatic carbocycles. The van der Waals surface area contributed by atoms with Crippen molar-refractivity contribution in [3.63, 3.8) is 0 Å². The number of hydrogen-bond acceptors (Lipinski definition) is 5. The first-order chi connectivity index (χ1) is 11.0. The lowest BCUT2D eigenvalue weighted by Crippen LogP contribution is -2.46. The molecule has 1 rings (SSSR count). The molecule has 0 saturated heterocycles. The molecule has 1 atom stereocenters. The van der Waals surface area contributed by atoms with Crippen LogP contribution in [0.2, 0.25) is 0 Å². The molecule has 4 N–H and O–H groups in total. The van der Waals surface area contributed by atoms with E-state index in [1.165, 1.54) is 7.11 Å². The van der Waals surface area contributed by atoms with Crippen LogP contribution in [0.4, 0.5) is 4.79 Å². The smallest absolute Gasteiger partial charge is 0.333 e. The highest BCUT2D eigenvalue weighted by atomic mass is 16.5. The number of amides is 2. The average molecular weight is 323 g/mol. The lowest BCUT2D eigenvalue weighted by molar-refractivity contribution is -0.143. The van der Waals surface area contributed by atoms with Gasteiger partial charge in [-0.2, -0.15) is 0 Å². The number of urea groups is 1. The number of nitrogens with one attached hydrogen (secondary N) is 1. The van der Waals surface area contributed by atoms with E-state index in [1.54, 1.807) is 30.3 Å². The highest BCUT2D eigenvalue weighted by molar-refractivity contribution is 5.86. The third-order valence-corrected chi connectivity index (χ3v) is 3.08. The number of carboxylic acids is 1. The summed E-state index contributed by atoms with van der Waals surface area (Å²) in [6.07, 6.45) is 0.453. The Bertz CT molecular complexity index is 535. The summed E-state index contributed by atoms with van der Waals surface area (Å²) in [5.74, 6) is -1.79. The van der Waals surface area contributed by atoms with Gasteiger partial charge in [0.25, 0.3) is 0 Å². The van der Waals surface area contributed by atoms with E-state index < -0.39 is 30.6 Å². The fourth-order valence-electron chi connectivity index (χ4n) is 1.95. The van der Waals surface area contributed by atoms with Crippen LogP contribution in [0, 0.1) is 0 Å². The molecule has 0 aliphatic rings. The van der Waals surface area contributed by atoms with Crippen molar-refractivity contribution in [2.24, 2.45) is 5.73 Å². The first-order valence-electron chi connectivity index (χ1n) is 7.09. The zero-order valence-corrected chi connectivity index (χ0v) is 12.9. The van der Waals surface area contributed by atoms with E-state index in [-0.39, 0.29) is 6.54 Å². The van der Waals surface area contributed by atoms with E-state index in [0.717, 1.165) is 4.90 Å². The maximum atomic E-state index is 12.3. The lowest BCUT2D eigenvalue weighted by Gasteiger charge is -2.24. The Morgan fingerprint density at radius 1 is 1.30 bits per heavy atom. The van der Waals surface area contributed by atoms with Crippen LogP contribution >= 0.6 is 0 Å². The fourth-order valence-corrected chi connectivity index (χ4v) is 1.95. The molecule has 23 heavy (non-hydrogen) atoms. The van der Waals surface area contributed by atoms with Gasteiger partial charge in [-0.05, 0) is 18.5 Å². The maximum Gasteiger partial charge on any atom is 0.333 e. The Labute approximate surface area is 134 Å². The molecule has 0 aromatic heterocycles. The van der Waals surface area contributed by atoms with Gasteiger partial charge in [-0.3, -0.25) is 4.79 Å². The zero-order valence-electron chi connectivity index (χ0n) is 12.9. The van der Waals surface area contributed by atoms with Crippen LogP contribution in [-0.4, -0.2) is 54.7 Å². The molecular weight excluding hydrogens is 302 g/mol. The van der Waals surface area contributed by atoms with Gasteiger partial charge in [-0.25, -0.2) is 9.59 Å². The van der Waals surface area contributed by atoms with Gasteiger partial charge in [0, 0.05) is 6.54 Å². The van der Waals surface area contributed by atoms with Crippen molar-refractivity contribution < 1.29 is 24.2 Å². The molecule has 8 heteroatoms. The average Bonchev–Trinajstić information content (AvgIpc) is 2.56. The van der Waals surface area contributed by atoms with Crippen molar-refractivity contribution in [2.45, 2.75) is 12.5 Å². The fraction of sp³-hybridized carbons (Fsp3) is 0.400. The van der Waals surface area contributed by atoms with Gasteiger partial charge in [-0.15, -0.1) is 0 Å². The van der Waals surface area contributed by atoms with Gasteiger partial charge < -0.3 is 25.8 Å². The van der Waals surface area contributed by atoms with Crippen LogP contribution in [0.3, 0.4) is 0 Å². The van der Waals surface area contributed by atoms with Crippen molar-refractivity contribution in [2.75, 3.05) is 26.7 Å². The Balaban J connectivity index is 2.89. The third kappa shape index (κ3) is 5.95. The number of ether oxygens (including phenoxy) is 1. The normalized spacial score (nSPS) is 11.4. The standard InChI is InChI=1S/C15H21N3O5/c1-23-14(21)13(11-6-3-2-4-7-11)17-15(22)18(9-5-8-16)10-12(19)20/h2-4,6-7,13H,5,8-10,16H2,1H3,(H,17,22)(H,19,20). The summed E-state index contributed by atoms with van der Waals surface area (Å²) in [5, 5.41) is 11.4. The van der Waals surface area contributed by atoms with Crippen LogP contribution in [0.5, 0.6) is 0 Å². The number of nitrogens with zero attached hydrogens (tertiary/aromatic N) is 1. The number of methoxy groups -OCH3 is 1. The molecule has 0 aliphatic heterocycles.